The van der Waals surface area contributed by atoms with E-state index in [9.17, 15) is 25.0 Å². The third-order valence-electron chi connectivity index (χ3n) is 4.05. The van der Waals surface area contributed by atoms with Crippen LogP contribution in [0.4, 0.5) is 0 Å². The number of para-hydroxylation sites is 1. The average molecular weight is 317 g/mol. The zero-order chi connectivity index (χ0) is 16.7. The summed E-state index contributed by atoms with van der Waals surface area (Å²) < 4.78 is 5.17. The summed E-state index contributed by atoms with van der Waals surface area (Å²) in [5, 5.41) is 23.4. The lowest BCUT2D eigenvalue weighted by atomic mass is 9.82. The van der Waals surface area contributed by atoms with Gasteiger partial charge in [-0.05, 0) is 6.07 Å². The minimum absolute atomic E-state index is 0.266. The van der Waals surface area contributed by atoms with Crippen LogP contribution < -0.4 is 0 Å². The standard InChI is InChI=1S/C14H11N3O6/c1-23-14-11-10(7-4-2-3-5-9(7)15-11)8(6-18)12(16(19)20)13(14)17(21)22/h2-5,12-15H,1H3. The van der Waals surface area contributed by atoms with E-state index < -0.39 is 28.0 Å². The van der Waals surface area contributed by atoms with Gasteiger partial charge in [-0.1, -0.05) is 18.2 Å². The van der Waals surface area contributed by atoms with Gasteiger partial charge in [-0.25, -0.2) is 4.79 Å². The Kier molecular flexibility index (Phi) is 3.44. The minimum atomic E-state index is -1.82. The molecular weight excluding hydrogens is 306 g/mol. The fourth-order valence-corrected chi connectivity index (χ4v) is 3.15. The third-order valence-corrected chi connectivity index (χ3v) is 4.05. The summed E-state index contributed by atoms with van der Waals surface area (Å²) >= 11 is 0. The van der Waals surface area contributed by atoms with Crippen LogP contribution in [0.1, 0.15) is 17.4 Å². The molecule has 0 aliphatic heterocycles. The normalized spacial score (nSPS) is 23.3. The predicted molar refractivity (Wildman–Crippen MR) is 78.7 cm³/mol. The molecule has 0 saturated carbocycles. The molecule has 1 N–H and O–H groups in total. The van der Waals surface area contributed by atoms with Gasteiger partial charge >= 0.3 is 12.1 Å². The molecule has 1 aliphatic rings. The zero-order valence-electron chi connectivity index (χ0n) is 11.9. The molecule has 0 amide bonds. The van der Waals surface area contributed by atoms with Gasteiger partial charge in [0.1, 0.15) is 11.5 Å². The number of nitrogens with one attached hydrogen (secondary N) is 1. The van der Waals surface area contributed by atoms with Gasteiger partial charge in [0.2, 0.25) is 0 Å². The van der Waals surface area contributed by atoms with Crippen LogP contribution >= 0.6 is 0 Å². The van der Waals surface area contributed by atoms with Crippen molar-refractivity contribution in [2.75, 3.05) is 7.11 Å². The number of nitro groups is 2. The third kappa shape index (κ3) is 2.02. The maximum Gasteiger partial charge on any atom is 0.317 e. The highest BCUT2D eigenvalue weighted by molar-refractivity contribution is 6.03. The molecule has 3 atom stereocenters. The van der Waals surface area contributed by atoms with Gasteiger partial charge in [0.15, 0.2) is 6.10 Å². The van der Waals surface area contributed by atoms with Crippen LogP contribution in [0.5, 0.6) is 0 Å². The number of rotatable bonds is 3. The number of ether oxygens (including phenoxy) is 1. The molecule has 0 saturated heterocycles. The Morgan fingerprint density at radius 1 is 1.22 bits per heavy atom. The molecule has 1 aromatic heterocycles. The van der Waals surface area contributed by atoms with Crippen LogP contribution in [0, 0.1) is 20.2 Å². The highest BCUT2D eigenvalue weighted by atomic mass is 16.6. The first-order chi connectivity index (χ1) is 11.0. The molecule has 0 bridgehead atoms. The van der Waals surface area contributed by atoms with Crippen molar-refractivity contribution in [1.82, 2.24) is 4.98 Å². The SMILES string of the molecule is COC1c2[nH]c3ccccc3c2C(=C=O)C([N+](=O)[O-])C1[N+](=O)[O-]. The number of hydrogen-bond donors (Lipinski definition) is 1. The number of H-pyrrole nitrogens is 1. The van der Waals surface area contributed by atoms with Crippen molar-refractivity contribution in [3.05, 3.63) is 55.8 Å². The molecule has 23 heavy (non-hydrogen) atoms. The van der Waals surface area contributed by atoms with Crippen molar-refractivity contribution in [1.29, 1.82) is 0 Å². The van der Waals surface area contributed by atoms with Crippen LogP contribution in [0.25, 0.3) is 16.5 Å². The smallest absolute Gasteiger partial charge is 0.317 e. The summed E-state index contributed by atoms with van der Waals surface area (Å²) in [6, 6.07) is 3.31. The molecule has 1 heterocycles. The molecule has 0 radical (unpaired) electrons. The van der Waals surface area contributed by atoms with E-state index in [-0.39, 0.29) is 16.8 Å². The Hall–Kier alpha value is -3.03. The van der Waals surface area contributed by atoms with Gasteiger partial charge in [-0.2, -0.15) is 0 Å². The fourth-order valence-electron chi connectivity index (χ4n) is 3.15. The van der Waals surface area contributed by atoms with Gasteiger partial charge in [0.25, 0.3) is 0 Å². The van der Waals surface area contributed by atoms with E-state index in [4.69, 9.17) is 4.74 Å². The Balaban J connectivity index is 2.39. The average Bonchev–Trinajstić information content (AvgIpc) is 2.91. The Morgan fingerprint density at radius 2 is 1.91 bits per heavy atom. The first-order valence-electron chi connectivity index (χ1n) is 6.67. The summed E-state index contributed by atoms with van der Waals surface area (Å²) in [5.74, 6) is 1.54. The van der Waals surface area contributed by atoms with Crippen molar-refractivity contribution in [2.24, 2.45) is 0 Å². The second-order valence-electron chi connectivity index (χ2n) is 5.14. The number of fused-ring (bicyclic) bond motifs is 3. The van der Waals surface area contributed by atoms with Gasteiger partial charge in [0.05, 0.1) is 5.69 Å². The van der Waals surface area contributed by atoms with Crippen LogP contribution in [0.2, 0.25) is 0 Å². The summed E-state index contributed by atoms with van der Waals surface area (Å²) in [7, 11) is 1.24. The van der Waals surface area contributed by atoms with Gasteiger partial charge < -0.3 is 9.72 Å². The van der Waals surface area contributed by atoms with Crippen LogP contribution in [0.15, 0.2) is 24.3 Å². The molecule has 118 valence electrons. The van der Waals surface area contributed by atoms with Crippen LogP contribution in [-0.4, -0.2) is 40.0 Å². The van der Waals surface area contributed by atoms with Crippen molar-refractivity contribution >= 4 is 22.4 Å². The Labute approximate surface area is 128 Å². The second-order valence-corrected chi connectivity index (χ2v) is 5.14. The largest absolute Gasteiger partial charge is 0.368 e. The van der Waals surface area contributed by atoms with E-state index in [1.54, 1.807) is 30.2 Å². The summed E-state index contributed by atoms with van der Waals surface area (Å²) in [4.78, 5) is 35.6. The monoisotopic (exact) mass is 317 g/mol. The number of aromatic amines is 1. The lowest BCUT2D eigenvalue weighted by Crippen LogP contribution is -2.48. The van der Waals surface area contributed by atoms with Gasteiger partial charge in [-0.3, -0.25) is 20.2 Å². The number of aromatic nitrogens is 1. The molecule has 3 unspecified atom stereocenters. The first kappa shape index (κ1) is 14.9. The minimum Gasteiger partial charge on any atom is -0.368 e. The number of methoxy groups -OCH3 is 1. The van der Waals surface area contributed by atoms with Gasteiger partial charge in [-0.15, -0.1) is 0 Å². The van der Waals surface area contributed by atoms with E-state index >= 15 is 0 Å². The number of hydrogen-bond acceptors (Lipinski definition) is 6. The molecule has 9 nitrogen and oxygen atoms in total. The maximum absolute atomic E-state index is 11.4. The molecule has 1 aliphatic carbocycles. The summed E-state index contributed by atoms with van der Waals surface area (Å²) in [6.07, 6.45) is -1.17. The quantitative estimate of drug-likeness (QED) is 0.517. The van der Waals surface area contributed by atoms with E-state index in [1.165, 1.54) is 7.11 Å². The molecular formula is C14H11N3O6. The maximum atomic E-state index is 11.4. The highest BCUT2D eigenvalue weighted by Gasteiger charge is 2.57. The number of carbonyl (C=O) groups excluding carboxylic acids is 1. The van der Waals surface area contributed by atoms with Crippen LogP contribution in [0.3, 0.4) is 0 Å². The van der Waals surface area contributed by atoms with E-state index in [0.29, 0.717) is 10.9 Å². The summed E-state index contributed by atoms with van der Waals surface area (Å²) in [6.45, 7) is 0. The number of nitrogens with zero attached hydrogens (tertiary/aromatic N) is 2. The molecule has 1 aromatic carbocycles. The first-order valence-corrected chi connectivity index (χ1v) is 6.67. The molecule has 0 fully saturated rings. The Morgan fingerprint density at radius 3 is 2.48 bits per heavy atom. The van der Waals surface area contributed by atoms with Crippen molar-refractivity contribution in [3.8, 4) is 0 Å². The second kappa shape index (κ2) is 5.31. The topological polar surface area (TPSA) is 128 Å². The van der Waals surface area contributed by atoms with Crippen molar-refractivity contribution in [3.63, 3.8) is 0 Å². The van der Waals surface area contributed by atoms with E-state index in [0.717, 1.165) is 0 Å². The van der Waals surface area contributed by atoms with Crippen LogP contribution in [-0.2, 0) is 9.53 Å². The van der Waals surface area contributed by atoms with E-state index in [2.05, 4.69) is 4.98 Å². The molecule has 3 rings (SSSR count). The molecule has 0 spiro atoms. The lowest BCUT2D eigenvalue weighted by molar-refractivity contribution is -0.616. The predicted octanol–water partition coefficient (Wildman–Crippen LogP) is 1.37. The number of benzene rings is 1. The summed E-state index contributed by atoms with van der Waals surface area (Å²) in [5.41, 5.74) is 0.824. The van der Waals surface area contributed by atoms with E-state index in [1.807, 2.05) is 0 Å². The fraction of sp³-hybridized carbons (Fsp3) is 0.286. The highest BCUT2D eigenvalue weighted by Crippen LogP contribution is 2.43. The molecule has 9 heteroatoms. The van der Waals surface area contributed by atoms with Crippen molar-refractivity contribution < 1.29 is 19.4 Å². The lowest BCUT2D eigenvalue weighted by Gasteiger charge is -2.27. The molecule has 2 aromatic rings. The Bertz CT molecular complexity index is 867. The zero-order valence-corrected chi connectivity index (χ0v) is 11.9. The van der Waals surface area contributed by atoms with Crippen molar-refractivity contribution in [2.45, 2.75) is 18.2 Å². The van der Waals surface area contributed by atoms with Gasteiger partial charge in [0, 0.05) is 33.4 Å².